The molecule has 2 bridgehead atoms. The molecule has 0 spiro atoms. The lowest BCUT2D eigenvalue weighted by molar-refractivity contribution is -0.152. The number of hydrogen-bond acceptors (Lipinski definition) is 2. The SMILES string of the molecule is CC(F)COC(=O)C1C2C=CC(C2)C1C. The third kappa shape index (κ3) is 1.92. The second-order valence-corrected chi connectivity index (χ2v) is 4.74. The lowest BCUT2D eigenvalue weighted by Crippen LogP contribution is -2.29. The Morgan fingerprint density at radius 1 is 1.53 bits per heavy atom. The minimum atomic E-state index is -1.07. The average molecular weight is 212 g/mol. The second-order valence-electron chi connectivity index (χ2n) is 4.74. The molecule has 0 N–H and O–H groups in total. The maximum atomic E-state index is 12.5. The molecule has 0 amide bonds. The molecule has 84 valence electrons. The molecule has 0 heterocycles. The number of fused-ring (bicyclic) bond motifs is 2. The van der Waals surface area contributed by atoms with Gasteiger partial charge in [0, 0.05) is 0 Å². The van der Waals surface area contributed by atoms with Gasteiger partial charge >= 0.3 is 5.97 Å². The van der Waals surface area contributed by atoms with Crippen LogP contribution in [0.25, 0.3) is 0 Å². The molecule has 0 aliphatic heterocycles. The summed E-state index contributed by atoms with van der Waals surface area (Å²) < 4.78 is 17.5. The first-order valence-corrected chi connectivity index (χ1v) is 5.58. The van der Waals surface area contributed by atoms with E-state index in [1.54, 1.807) is 0 Å². The smallest absolute Gasteiger partial charge is 0.309 e. The number of alkyl halides is 1. The van der Waals surface area contributed by atoms with Gasteiger partial charge in [0.05, 0.1) is 5.92 Å². The summed E-state index contributed by atoms with van der Waals surface area (Å²) in [5.74, 6) is 0.938. The fourth-order valence-electron chi connectivity index (χ4n) is 2.75. The van der Waals surface area contributed by atoms with Gasteiger partial charge in [0.25, 0.3) is 0 Å². The van der Waals surface area contributed by atoms with E-state index >= 15 is 0 Å². The molecular formula is C12H17FO2. The Morgan fingerprint density at radius 2 is 2.20 bits per heavy atom. The molecule has 2 nitrogen and oxygen atoms in total. The summed E-state index contributed by atoms with van der Waals surface area (Å²) in [6.45, 7) is 3.37. The maximum Gasteiger partial charge on any atom is 0.309 e. The average Bonchev–Trinajstić information content (AvgIpc) is 2.74. The molecule has 3 heteroatoms. The summed E-state index contributed by atoms with van der Waals surface area (Å²) >= 11 is 0. The number of rotatable bonds is 3. The van der Waals surface area contributed by atoms with E-state index in [9.17, 15) is 9.18 Å². The highest BCUT2D eigenvalue weighted by atomic mass is 19.1. The van der Waals surface area contributed by atoms with E-state index in [-0.39, 0.29) is 18.5 Å². The minimum Gasteiger partial charge on any atom is -0.462 e. The first kappa shape index (κ1) is 10.7. The van der Waals surface area contributed by atoms with Gasteiger partial charge in [0.15, 0.2) is 0 Å². The van der Waals surface area contributed by atoms with Gasteiger partial charge < -0.3 is 4.74 Å². The van der Waals surface area contributed by atoms with Gasteiger partial charge in [-0.2, -0.15) is 0 Å². The van der Waals surface area contributed by atoms with Gasteiger partial charge in [-0.3, -0.25) is 4.79 Å². The van der Waals surface area contributed by atoms with Crippen LogP contribution in [0.15, 0.2) is 12.2 Å². The van der Waals surface area contributed by atoms with Gasteiger partial charge in [-0.1, -0.05) is 19.1 Å². The molecule has 5 unspecified atom stereocenters. The summed E-state index contributed by atoms with van der Waals surface area (Å²) in [7, 11) is 0. The van der Waals surface area contributed by atoms with Crippen molar-refractivity contribution in [3.05, 3.63) is 12.2 Å². The van der Waals surface area contributed by atoms with Crippen molar-refractivity contribution in [2.24, 2.45) is 23.7 Å². The van der Waals surface area contributed by atoms with Gasteiger partial charge in [0.1, 0.15) is 12.8 Å². The van der Waals surface area contributed by atoms with Crippen LogP contribution in [0.4, 0.5) is 4.39 Å². The molecule has 5 atom stereocenters. The van der Waals surface area contributed by atoms with Crippen molar-refractivity contribution in [3.63, 3.8) is 0 Å². The third-order valence-electron chi connectivity index (χ3n) is 3.58. The highest BCUT2D eigenvalue weighted by molar-refractivity contribution is 5.74. The maximum absolute atomic E-state index is 12.5. The van der Waals surface area contributed by atoms with Gasteiger partial charge in [-0.05, 0) is 31.1 Å². The van der Waals surface area contributed by atoms with Crippen molar-refractivity contribution >= 4 is 5.97 Å². The molecule has 0 aromatic heterocycles. The van der Waals surface area contributed by atoms with Crippen molar-refractivity contribution in [3.8, 4) is 0 Å². The lowest BCUT2D eigenvalue weighted by atomic mass is 9.84. The van der Waals surface area contributed by atoms with E-state index in [0.29, 0.717) is 17.8 Å². The van der Waals surface area contributed by atoms with Gasteiger partial charge in [0.2, 0.25) is 0 Å². The Kier molecular flexibility index (Phi) is 2.81. The molecule has 2 aliphatic rings. The molecule has 0 aromatic carbocycles. The molecular weight excluding hydrogens is 195 g/mol. The highest BCUT2D eigenvalue weighted by Gasteiger charge is 2.46. The summed E-state index contributed by atoms with van der Waals surface area (Å²) in [5.41, 5.74) is 0. The van der Waals surface area contributed by atoms with Crippen LogP contribution in [0.2, 0.25) is 0 Å². The van der Waals surface area contributed by atoms with Crippen LogP contribution < -0.4 is 0 Å². The third-order valence-corrected chi connectivity index (χ3v) is 3.58. The number of carbonyl (C=O) groups is 1. The Bertz CT molecular complexity index is 285. The zero-order valence-corrected chi connectivity index (χ0v) is 9.15. The molecule has 2 rings (SSSR count). The standard InChI is InChI=1S/C12H17FO2/c1-7(13)6-15-12(14)11-8(2)9-3-4-10(11)5-9/h3-4,7-11H,5-6H2,1-2H3. The number of ether oxygens (including phenoxy) is 1. The fraction of sp³-hybridized carbons (Fsp3) is 0.750. The molecule has 2 aliphatic carbocycles. The Balaban J connectivity index is 1.94. The van der Waals surface area contributed by atoms with Crippen LogP contribution in [0.5, 0.6) is 0 Å². The minimum absolute atomic E-state index is 0.0428. The number of halogens is 1. The topological polar surface area (TPSA) is 26.3 Å². The van der Waals surface area contributed by atoms with Crippen LogP contribution in [0, 0.1) is 23.7 Å². The van der Waals surface area contributed by atoms with Crippen LogP contribution in [-0.2, 0) is 9.53 Å². The van der Waals surface area contributed by atoms with E-state index in [2.05, 4.69) is 19.1 Å². The molecule has 1 fully saturated rings. The van der Waals surface area contributed by atoms with E-state index in [1.807, 2.05) is 0 Å². The summed E-state index contributed by atoms with van der Waals surface area (Å²) in [5, 5.41) is 0. The largest absolute Gasteiger partial charge is 0.462 e. The number of esters is 1. The Labute approximate surface area is 89.5 Å². The summed E-state index contributed by atoms with van der Waals surface area (Å²) in [6, 6.07) is 0. The van der Waals surface area contributed by atoms with Gasteiger partial charge in [-0.25, -0.2) is 4.39 Å². The van der Waals surface area contributed by atoms with Crippen LogP contribution in [0.1, 0.15) is 20.3 Å². The summed E-state index contributed by atoms with van der Waals surface area (Å²) in [6.07, 6.45) is 4.29. The molecule has 0 saturated heterocycles. The Morgan fingerprint density at radius 3 is 2.73 bits per heavy atom. The zero-order chi connectivity index (χ0) is 11.0. The molecule has 1 saturated carbocycles. The normalized spacial score (nSPS) is 39.4. The van der Waals surface area contributed by atoms with Crippen LogP contribution >= 0.6 is 0 Å². The molecule has 0 radical (unpaired) electrons. The quantitative estimate of drug-likeness (QED) is 0.530. The number of allylic oxidation sites excluding steroid dienone is 2. The highest BCUT2D eigenvalue weighted by Crippen LogP contribution is 2.48. The van der Waals surface area contributed by atoms with Crippen molar-refractivity contribution < 1.29 is 13.9 Å². The Hall–Kier alpha value is -0.860. The molecule has 0 aromatic rings. The predicted molar refractivity (Wildman–Crippen MR) is 54.9 cm³/mol. The number of hydrogen-bond donors (Lipinski definition) is 0. The van der Waals surface area contributed by atoms with Crippen molar-refractivity contribution in [2.45, 2.75) is 26.4 Å². The molecule has 15 heavy (non-hydrogen) atoms. The van der Waals surface area contributed by atoms with Gasteiger partial charge in [-0.15, -0.1) is 0 Å². The zero-order valence-electron chi connectivity index (χ0n) is 9.15. The van der Waals surface area contributed by atoms with Crippen LogP contribution in [0.3, 0.4) is 0 Å². The summed E-state index contributed by atoms with van der Waals surface area (Å²) in [4.78, 5) is 11.7. The first-order valence-electron chi connectivity index (χ1n) is 5.58. The second kappa shape index (κ2) is 3.95. The van der Waals surface area contributed by atoms with Crippen LogP contribution in [-0.4, -0.2) is 18.7 Å². The van der Waals surface area contributed by atoms with E-state index < -0.39 is 6.17 Å². The number of carbonyl (C=O) groups excluding carboxylic acids is 1. The lowest BCUT2D eigenvalue weighted by Gasteiger charge is -2.23. The first-order chi connectivity index (χ1) is 7.09. The fourth-order valence-corrected chi connectivity index (χ4v) is 2.75. The van der Waals surface area contributed by atoms with E-state index in [0.717, 1.165) is 6.42 Å². The van der Waals surface area contributed by atoms with Crippen molar-refractivity contribution in [1.29, 1.82) is 0 Å². The van der Waals surface area contributed by atoms with Crippen molar-refractivity contribution in [2.75, 3.05) is 6.61 Å². The van der Waals surface area contributed by atoms with E-state index in [4.69, 9.17) is 4.74 Å². The van der Waals surface area contributed by atoms with E-state index in [1.165, 1.54) is 6.92 Å². The van der Waals surface area contributed by atoms with Crippen molar-refractivity contribution in [1.82, 2.24) is 0 Å². The predicted octanol–water partition coefficient (Wildman–Crippen LogP) is 2.35. The monoisotopic (exact) mass is 212 g/mol.